The molecule has 1 aliphatic heterocycles. The largest absolute Gasteiger partial charge is 0.508 e. The quantitative estimate of drug-likeness (QED) is 0.470. The molecule has 1 aliphatic rings. The minimum absolute atomic E-state index is 0.256. The van der Waals surface area contributed by atoms with Gasteiger partial charge in [0.15, 0.2) is 0 Å². The summed E-state index contributed by atoms with van der Waals surface area (Å²) in [5.41, 5.74) is 7.34. The number of aliphatic imine (C=N–C) groups is 1. The Morgan fingerprint density at radius 2 is 2.33 bits per heavy atom. The zero-order valence-electron chi connectivity index (χ0n) is 6.41. The molecule has 1 radical (unpaired) electrons. The van der Waals surface area contributed by atoms with E-state index in [1.807, 2.05) is 0 Å². The van der Waals surface area contributed by atoms with Gasteiger partial charge in [0.05, 0.1) is 0 Å². The molecule has 0 spiro atoms. The number of nitrogens with zero attached hydrogens (tertiary/aromatic N) is 1. The van der Waals surface area contributed by atoms with E-state index in [1.54, 1.807) is 18.2 Å². The molecule has 0 bridgehead atoms. The van der Waals surface area contributed by atoms with Crippen LogP contribution in [0.5, 0.6) is 5.75 Å². The minimum atomic E-state index is 0.256. The van der Waals surface area contributed by atoms with Gasteiger partial charge in [0, 0.05) is 5.56 Å². The van der Waals surface area contributed by atoms with E-state index < -0.39 is 0 Å². The first kappa shape index (κ1) is 6.97. The minimum Gasteiger partial charge on any atom is -0.508 e. The normalized spacial score (nSPS) is 14.5. The smallest absolute Gasteiger partial charge is 0.382 e. The summed E-state index contributed by atoms with van der Waals surface area (Å²) in [6, 6.07) is 5.08. The topological polar surface area (TPSA) is 72.4 Å². The summed E-state index contributed by atoms with van der Waals surface area (Å²) < 4.78 is 0. The molecule has 4 heteroatoms. The van der Waals surface area contributed by atoms with E-state index in [0.717, 1.165) is 11.3 Å². The Balaban J connectivity index is 2.43. The van der Waals surface area contributed by atoms with E-state index in [4.69, 9.17) is 10.8 Å². The van der Waals surface area contributed by atoms with Crippen LogP contribution in [0.1, 0.15) is 5.56 Å². The lowest BCUT2D eigenvalue weighted by molar-refractivity contribution is 0.474. The number of anilines is 1. The highest BCUT2D eigenvalue weighted by molar-refractivity contribution is 5.93. The van der Waals surface area contributed by atoms with E-state index in [-0.39, 0.29) is 5.75 Å². The summed E-state index contributed by atoms with van der Waals surface area (Å²) in [6.45, 7) is 0.530. The first-order valence-corrected chi connectivity index (χ1v) is 3.64. The number of benzene rings is 1. The molecule has 12 heavy (non-hydrogen) atoms. The van der Waals surface area contributed by atoms with Crippen molar-refractivity contribution >= 4 is 11.6 Å². The molecule has 1 aromatic carbocycles. The van der Waals surface area contributed by atoms with Crippen molar-refractivity contribution in [3.05, 3.63) is 23.8 Å². The maximum absolute atomic E-state index is 9.15. The van der Waals surface area contributed by atoms with Crippen molar-refractivity contribution in [2.75, 3.05) is 5.32 Å². The first-order valence-electron chi connectivity index (χ1n) is 3.64. The van der Waals surface area contributed by atoms with E-state index in [2.05, 4.69) is 10.3 Å². The van der Waals surface area contributed by atoms with Crippen molar-refractivity contribution in [1.82, 2.24) is 4.99 Å². The third-order valence-corrected chi connectivity index (χ3v) is 1.77. The zero-order valence-corrected chi connectivity index (χ0v) is 6.41. The van der Waals surface area contributed by atoms with Gasteiger partial charge in [-0.1, -0.05) is 0 Å². The fourth-order valence-corrected chi connectivity index (χ4v) is 1.18. The van der Waals surface area contributed by atoms with Gasteiger partial charge in [0.1, 0.15) is 18.0 Å². The van der Waals surface area contributed by atoms with Crippen LogP contribution in [-0.4, -0.2) is 11.1 Å². The van der Waals surface area contributed by atoms with Gasteiger partial charge in [0.25, 0.3) is 0 Å². The summed E-state index contributed by atoms with van der Waals surface area (Å²) in [4.78, 5) is 3.98. The Kier molecular flexibility index (Phi) is 1.40. The van der Waals surface area contributed by atoms with Crippen LogP contribution in [0.4, 0.5) is 5.69 Å². The average Bonchev–Trinajstić information content (AvgIpc) is 2.05. The summed E-state index contributed by atoms with van der Waals surface area (Å²) in [6.07, 6.45) is 0. The molecule has 1 aromatic rings. The molecular weight excluding hydrogens is 154 g/mol. The van der Waals surface area contributed by atoms with Crippen molar-refractivity contribution in [3.63, 3.8) is 0 Å². The highest BCUT2D eigenvalue weighted by atomic mass is 16.3. The Bertz CT molecular complexity index is 346. The third kappa shape index (κ3) is 1.07. The summed E-state index contributed by atoms with van der Waals surface area (Å²) in [5.74, 6) is 0.680. The molecule has 0 saturated carbocycles. The maximum atomic E-state index is 9.15. The number of phenols is 1. The van der Waals surface area contributed by atoms with Gasteiger partial charge in [0.2, 0.25) is 0 Å². The van der Waals surface area contributed by atoms with E-state index in [1.165, 1.54) is 0 Å². The molecule has 0 aliphatic carbocycles. The van der Waals surface area contributed by atoms with Gasteiger partial charge in [-0.15, -0.1) is 4.99 Å². The van der Waals surface area contributed by atoms with Crippen molar-refractivity contribution in [2.45, 2.75) is 6.54 Å². The lowest BCUT2D eigenvalue weighted by Gasteiger charge is -2.08. The lowest BCUT2D eigenvalue weighted by atomic mass is 10.1. The van der Waals surface area contributed by atoms with Crippen LogP contribution < -0.4 is 16.0 Å². The number of rotatable bonds is 0. The highest BCUT2D eigenvalue weighted by Crippen LogP contribution is 2.22. The molecule has 0 aromatic heterocycles. The Morgan fingerprint density at radius 3 is 3.17 bits per heavy atom. The molecule has 1 heterocycles. The molecule has 4 N–H and O–H groups in total. The van der Waals surface area contributed by atoms with Gasteiger partial charge >= 0.3 is 5.96 Å². The molecule has 2 rings (SSSR count). The molecule has 0 saturated heterocycles. The van der Waals surface area contributed by atoms with Crippen LogP contribution in [0.3, 0.4) is 0 Å². The number of hydrogen-bond donors (Lipinski definition) is 3. The Hall–Kier alpha value is -1.71. The molecule has 0 atom stereocenters. The van der Waals surface area contributed by atoms with Crippen molar-refractivity contribution in [2.24, 2.45) is 5.73 Å². The van der Waals surface area contributed by atoms with Gasteiger partial charge in [-0.05, 0) is 18.2 Å². The molecule has 0 unspecified atom stereocenters. The van der Waals surface area contributed by atoms with E-state index in [0.29, 0.717) is 12.5 Å². The third-order valence-electron chi connectivity index (χ3n) is 1.77. The molecule has 61 valence electrons. The fraction of sp³-hybridized carbons (Fsp3) is 0.125. The van der Waals surface area contributed by atoms with Gasteiger partial charge in [-0.3, -0.25) is 5.73 Å². The van der Waals surface area contributed by atoms with Crippen LogP contribution in [0.25, 0.3) is 0 Å². The van der Waals surface area contributed by atoms with Crippen LogP contribution in [0, 0.1) is 0 Å². The second kappa shape index (κ2) is 2.41. The van der Waals surface area contributed by atoms with Crippen LogP contribution in [0.15, 0.2) is 18.2 Å². The van der Waals surface area contributed by atoms with E-state index in [9.17, 15) is 0 Å². The molecule has 4 nitrogen and oxygen atoms in total. The van der Waals surface area contributed by atoms with Crippen molar-refractivity contribution in [1.29, 1.82) is 0 Å². The number of hydrogen-bond acceptors (Lipinski definition) is 4. The first-order chi connectivity index (χ1) is 5.75. The lowest BCUT2D eigenvalue weighted by Crippen LogP contribution is -2.31. The zero-order chi connectivity index (χ0) is 8.55. The van der Waals surface area contributed by atoms with Crippen molar-refractivity contribution < 1.29 is 5.11 Å². The summed E-state index contributed by atoms with van der Waals surface area (Å²) >= 11 is 0. The number of nitrogens with two attached hydrogens (primary N) is 1. The monoisotopic (exact) mass is 163 g/mol. The predicted octanol–water partition coefficient (Wildman–Crippen LogP) is -0.0318. The number of phenolic OH excluding ortho intramolecular Hbond substituents is 1. The fourth-order valence-electron chi connectivity index (χ4n) is 1.18. The number of nitrogens with one attached hydrogen (secondary N) is 1. The number of aromatic hydroxyl groups is 1. The van der Waals surface area contributed by atoms with Crippen LogP contribution in [-0.2, 0) is 6.54 Å². The predicted molar refractivity (Wildman–Crippen MR) is 46.8 cm³/mol. The van der Waals surface area contributed by atoms with Crippen molar-refractivity contribution in [3.8, 4) is 5.75 Å². The van der Waals surface area contributed by atoms with Gasteiger partial charge < -0.3 is 5.11 Å². The maximum Gasteiger partial charge on any atom is 0.382 e. The number of guanidine groups is 1. The second-order valence-electron chi connectivity index (χ2n) is 2.67. The molecular formula is C8H9N3O+. The Labute approximate surface area is 69.7 Å². The van der Waals surface area contributed by atoms with E-state index >= 15 is 0 Å². The highest BCUT2D eigenvalue weighted by Gasteiger charge is 2.15. The molecule has 0 amide bonds. The SMILES string of the molecule is NC1=[N+]Cc2cc(O)ccc2N1. The van der Waals surface area contributed by atoms with Gasteiger partial charge in [-0.2, -0.15) is 0 Å². The standard InChI is InChI=1S/C8H9N3O/c9-8-10-4-5-3-6(12)1-2-7(5)11-8/h1-3,11-12H,4,9H2/q+1. The average molecular weight is 163 g/mol. The second-order valence-corrected chi connectivity index (χ2v) is 2.67. The van der Waals surface area contributed by atoms with Crippen LogP contribution >= 0.6 is 0 Å². The number of fused-ring (bicyclic) bond motifs is 1. The van der Waals surface area contributed by atoms with Gasteiger partial charge in [-0.25, -0.2) is 5.32 Å². The van der Waals surface area contributed by atoms with Crippen LogP contribution in [0.2, 0.25) is 0 Å². The molecule has 0 fully saturated rings. The summed E-state index contributed by atoms with van der Waals surface area (Å²) in [7, 11) is 0. The summed E-state index contributed by atoms with van der Waals surface area (Å²) in [5, 5.41) is 12.1. The Morgan fingerprint density at radius 1 is 1.50 bits per heavy atom.